The SMILES string of the molecule is CC(c1ccc(Cl)cc1F)c1cccc2c1nc1n2CCN(C(=O)OC(C)(C)C)C1. The zero-order chi connectivity index (χ0) is 21.6. The molecule has 5 nitrogen and oxygen atoms in total. The molecular weight excluding hydrogens is 405 g/mol. The summed E-state index contributed by atoms with van der Waals surface area (Å²) in [6.45, 7) is 9.10. The molecule has 0 bridgehead atoms. The van der Waals surface area contributed by atoms with Gasteiger partial charge in [-0.3, -0.25) is 4.90 Å². The van der Waals surface area contributed by atoms with Gasteiger partial charge in [-0.2, -0.15) is 0 Å². The third-order valence-corrected chi connectivity index (χ3v) is 5.60. The largest absolute Gasteiger partial charge is 0.444 e. The molecule has 1 aliphatic heterocycles. The van der Waals surface area contributed by atoms with E-state index < -0.39 is 5.60 Å². The molecule has 1 aliphatic rings. The number of hydrogen-bond acceptors (Lipinski definition) is 3. The number of rotatable bonds is 2. The van der Waals surface area contributed by atoms with E-state index >= 15 is 0 Å². The molecule has 4 rings (SSSR count). The summed E-state index contributed by atoms with van der Waals surface area (Å²) in [4.78, 5) is 19.0. The molecule has 0 aliphatic carbocycles. The number of imidazole rings is 1. The Morgan fingerprint density at radius 2 is 1.97 bits per heavy atom. The summed E-state index contributed by atoms with van der Waals surface area (Å²) in [5, 5.41) is 0.376. The maximum atomic E-state index is 14.5. The van der Waals surface area contributed by atoms with Gasteiger partial charge in [0.05, 0.1) is 17.6 Å². The minimum atomic E-state index is -0.542. The highest BCUT2D eigenvalue weighted by molar-refractivity contribution is 6.30. The number of benzene rings is 2. The van der Waals surface area contributed by atoms with E-state index in [1.54, 1.807) is 17.0 Å². The first-order chi connectivity index (χ1) is 14.1. The van der Waals surface area contributed by atoms with Gasteiger partial charge in [-0.25, -0.2) is 14.2 Å². The Hall–Kier alpha value is -2.60. The first-order valence-electron chi connectivity index (χ1n) is 10.0. The van der Waals surface area contributed by atoms with Crippen molar-refractivity contribution in [3.8, 4) is 0 Å². The van der Waals surface area contributed by atoms with Gasteiger partial charge in [-0.05, 0) is 50.1 Å². The number of halogens is 2. The van der Waals surface area contributed by atoms with Crippen molar-refractivity contribution in [1.82, 2.24) is 14.5 Å². The van der Waals surface area contributed by atoms with Gasteiger partial charge in [0, 0.05) is 24.0 Å². The number of amides is 1. The summed E-state index contributed by atoms with van der Waals surface area (Å²) >= 11 is 5.91. The van der Waals surface area contributed by atoms with Crippen molar-refractivity contribution in [2.45, 2.75) is 52.3 Å². The van der Waals surface area contributed by atoms with Crippen molar-refractivity contribution in [2.24, 2.45) is 0 Å². The fraction of sp³-hybridized carbons (Fsp3) is 0.391. The van der Waals surface area contributed by atoms with Crippen LogP contribution in [0.4, 0.5) is 9.18 Å². The van der Waals surface area contributed by atoms with Crippen LogP contribution in [0, 0.1) is 5.82 Å². The van der Waals surface area contributed by atoms with Crippen molar-refractivity contribution >= 4 is 28.7 Å². The van der Waals surface area contributed by atoms with Gasteiger partial charge in [0.2, 0.25) is 0 Å². The highest BCUT2D eigenvalue weighted by atomic mass is 35.5. The number of para-hydroxylation sites is 1. The molecule has 1 aromatic heterocycles. The lowest BCUT2D eigenvalue weighted by atomic mass is 9.92. The van der Waals surface area contributed by atoms with Gasteiger partial charge in [0.25, 0.3) is 0 Å². The van der Waals surface area contributed by atoms with Gasteiger partial charge in [-0.1, -0.05) is 36.7 Å². The molecule has 0 saturated carbocycles. The third-order valence-electron chi connectivity index (χ3n) is 5.36. The molecular formula is C23H25ClFN3O2. The Labute approximate surface area is 180 Å². The first kappa shape index (κ1) is 20.7. The van der Waals surface area contributed by atoms with Crippen LogP contribution in [-0.2, 0) is 17.8 Å². The minimum absolute atomic E-state index is 0.190. The van der Waals surface area contributed by atoms with E-state index in [9.17, 15) is 9.18 Å². The Morgan fingerprint density at radius 1 is 1.20 bits per heavy atom. The highest BCUT2D eigenvalue weighted by Gasteiger charge is 2.28. The van der Waals surface area contributed by atoms with Crippen LogP contribution in [0.25, 0.3) is 11.0 Å². The molecule has 0 radical (unpaired) electrons. The Morgan fingerprint density at radius 3 is 2.67 bits per heavy atom. The standard InChI is InChI=1S/C23H25ClFN3O2/c1-14(16-9-8-15(24)12-18(16)25)17-6-5-7-19-21(17)26-20-13-27(10-11-28(19)20)22(29)30-23(2,3)4/h5-9,12,14H,10-11,13H2,1-4H3. The number of hydrogen-bond donors (Lipinski definition) is 0. The maximum Gasteiger partial charge on any atom is 0.410 e. The van der Waals surface area contributed by atoms with Crippen LogP contribution in [0.1, 0.15) is 50.6 Å². The number of nitrogens with zero attached hydrogens (tertiary/aromatic N) is 3. The Kier molecular flexibility index (Phi) is 5.22. The monoisotopic (exact) mass is 429 g/mol. The summed E-state index contributed by atoms with van der Waals surface area (Å²) in [7, 11) is 0. The second kappa shape index (κ2) is 7.58. The quantitative estimate of drug-likeness (QED) is 0.522. The minimum Gasteiger partial charge on any atom is -0.444 e. The molecule has 2 aromatic carbocycles. The number of carbonyl (C=O) groups is 1. The molecule has 0 spiro atoms. The fourth-order valence-corrected chi connectivity index (χ4v) is 4.07. The van der Waals surface area contributed by atoms with E-state index in [1.165, 1.54) is 6.07 Å². The zero-order valence-electron chi connectivity index (χ0n) is 17.6. The van der Waals surface area contributed by atoms with Crippen LogP contribution in [0.3, 0.4) is 0 Å². The zero-order valence-corrected chi connectivity index (χ0v) is 18.3. The number of ether oxygens (including phenoxy) is 1. The molecule has 158 valence electrons. The summed E-state index contributed by atoms with van der Waals surface area (Å²) < 4.78 is 22.2. The smallest absolute Gasteiger partial charge is 0.410 e. The van der Waals surface area contributed by atoms with Gasteiger partial charge in [0.15, 0.2) is 0 Å². The average molecular weight is 430 g/mol. The van der Waals surface area contributed by atoms with Crippen molar-refractivity contribution in [3.63, 3.8) is 0 Å². The molecule has 7 heteroatoms. The normalized spacial score (nSPS) is 15.2. The summed E-state index contributed by atoms with van der Waals surface area (Å²) in [5.41, 5.74) is 2.81. The molecule has 0 saturated heterocycles. The number of aromatic nitrogens is 2. The lowest BCUT2D eigenvalue weighted by Crippen LogP contribution is -2.41. The molecule has 2 heterocycles. The van der Waals surface area contributed by atoms with E-state index in [1.807, 2.05) is 45.9 Å². The van der Waals surface area contributed by atoms with E-state index in [0.29, 0.717) is 30.2 Å². The Balaban J connectivity index is 1.69. The number of carbonyl (C=O) groups excluding carboxylic acids is 1. The molecule has 0 fully saturated rings. The second-order valence-electron chi connectivity index (χ2n) is 8.68. The molecule has 3 aromatic rings. The van der Waals surface area contributed by atoms with E-state index in [2.05, 4.69) is 4.57 Å². The maximum absolute atomic E-state index is 14.5. The van der Waals surface area contributed by atoms with Crippen LogP contribution in [0.15, 0.2) is 36.4 Å². The molecule has 1 atom stereocenters. The van der Waals surface area contributed by atoms with Crippen LogP contribution in [-0.4, -0.2) is 32.7 Å². The Bertz CT molecular complexity index is 1120. The van der Waals surface area contributed by atoms with Crippen LogP contribution >= 0.6 is 11.6 Å². The fourth-order valence-electron chi connectivity index (χ4n) is 3.91. The third kappa shape index (κ3) is 3.88. The lowest BCUT2D eigenvalue weighted by molar-refractivity contribution is 0.0196. The van der Waals surface area contributed by atoms with Gasteiger partial charge in [-0.15, -0.1) is 0 Å². The van der Waals surface area contributed by atoms with E-state index in [0.717, 1.165) is 22.4 Å². The topological polar surface area (TPSA) is 47.4 Å². The van der Waals surface area contributed by atoms with Crippen molar-refractivity contribution in [2.75, 3.05) is 6.54 Å². The summed E-state index contributed by atoms with van der Waals surface area (Å²) in [5.74, 6) is 0.287. The lowest BCUT2D eigenvalue weighted by Gasteiger charge is -2.30. The van der Waals surface area contributed by atoms with Gasteiger partial charge in [0.1, 0.15) is 17.2 Å². The van der Waals surface area contributed by atoms with Gasteiger partial charge < -0.3 is 9.30 Å². The van der Waals surface area contributed by atoms with Crippen LogP contribution in [0.2, 0.25) is 5.02 Å². The van der Waals surface area contributed by atoms with Crippen molar-refractivity contribution in [1.29, 1.82) is 0 Å². The second-order valence-corrected chi connectivity index (χ2v) is 9.12. The van der Waals surface area contributed by atoms with Crippen molar-refractivity contribution in [3.05, 3.63) is 64.2 Å². The molecule has 30 heavy (non-hydrogen) atoms. The molecule has 0 N–H and O–H groups in total. The number of fused-ring (bicyclic) bond motifs is 3. The first-order valence-corrected chi connectivity index (χ1v) is 10.4. The van der Waals surface area contributed by atoms with Crippen LogP contribution in [0.5, 0.6) is 0 Å². The molecule has 1 unspecified atom stereocenters. The van der Waals surface area contributed by atoms with Crippen molar-refractivity contribution < 1.29 is 13.9 Å². The van der Waals surface area contributed by atoms with E-state index in [4.69, 9.17) is 21.3 Å². The van der Waals surface area contributed by atoms with E-state index in [-0.39, 0.29) is 17.8 Å². The van der Waals surface area contributed by atoms with Gasteiger partial charge >= 0.3 is 6.09 Å². The molecule has 1 amide bonds. The predicted molar refractivity (Wildman–Crippen MR) is 115 cm³/mol. The predicted octanol–water partition coefficient (Wildman–Crippen LogP) is 5.73. The summed E-state index contributed by atoms with van der Waals surface area (Å²) in [6.07, 6.45) is -0.336. The van der Waals surface area contributed by atoms with Crippen LogP contribution < -0.4 is 0 Å². The average Bonchev–Trinajstić information content (AvgIpc) is 3.04. The summed E-state index contributed by atoms with van der Waals surface area (Å²) in [6, 6.07) is 10.7. The highest BCUT2D eigenvalue weighted by Crippen LogP contribution is 2.33.